The number of ether oxygens (including phenoxy) is 2. The van der Waals surface area contributed by atoms with Crippen LogP contribution in [0.2, 0.25) is 0 Å². The van der Waals surface area contributed by atoms with E-state index in [2.05, 4.69) is 0 Å². The van der Waals surface area contributed by atoms with Crippen LogP contribution in [0.5, 0.6) is 0 Å². The fraction of sp³-hybridized carbons (Fsp3) is 0.533. The number of esters is 1. The topological polar surface area (TPSA) is 38.8 Å². The Labute approximate surface area is 114 Å². The summed E-state index contributed by atoms with van der Waals surface area (Å²) in [6, 6.07) is 9.98. The highest BCUT2D eigenvalue weighted by molar-refractivity contribution is 5.81. The Bertz CT molecular complexity index is 421. The summed E-state index contributed by atoms with van der Waals surface area (Å²) in [6.07, 6.45) is 1.80. The van der Waals surface area contributed by atoms with Crippen LogP contribution in [0.15, 0.2) is 30.3 Å². The van der Waals surface area contributed by atoms with E-state index in [-0.39, 0.29) is 5.97 Å². The van der Waals surface area contributed by atoms with E-state index in [0.29, 0.717) is 13.2 Å². The summed E-state index contributed by atoms with van der Waals surface area (Å²) in [6.45, 7) is 1.81. The Morgan fingerprint density at radius 3 is 2.68 bits per heavy atom. The molecule has 0 spiro atoms. The third-order valence-corrected chi connectivity index (χ3v) is 3.83. The Morgan fingerprint density at radius 1 is 1.37 bits per heavy atom. The van der Waals surface area contributed by atoms with E-state index in [4.69, 9.17) is 9.47 Å². The molecule has 1 aliphatic heterocycles. The van der Waals surface area contributed by atoms with Gasteiger partial charge in [0.05, 0.1) is 20.3 Å². The molecule has 0 amide bonds. The smallest absolute Gasteiger partial charge is 0.328 e. The van der Waals surface area contributed by atoms with Gasteiger partial charge < -0.3 is 9.47 Å². The molecule has 1 heterocycles. The molecule has 1 aromatic rings. The third kappa shape index (κ3) is 2.96. The summed E-state index contributed by atoms with van der Waals surface area (Å²) in [5.41, 5.74) is 0.506. The summed E-state index contributed by atoms with van der Waals surface area (Å²) in [4.78, 5) is 14.1. The molecule has 0 aliphatic carbocycles. The molecule has 1 fully saturated rings. The lowest BCUT2D eigenvalue weighted by Gasteiger charge is -2.32. The number of carbonyl (C=O) groups excluding carboxylic acids is 1. The molecule has 1 aromatic carbocycles. The summed E-state index contributed by atoms with van der Waals surface area (Å²) < 4.78 is 10.7. The van der Waals surface area contributed by atoms with Gasteiger partial charge in [-0.25, -0.2) is 4.79 Å². The largest absolute Gasteiger partial charge is 0.468 e. The lowest BCUT2D eigenvalue weighted by atomic mass is 9.98. The number of likely N-dealkylation sites (tertiary alicyclic amines) is 1. The Hall–Kier alpha value is -1.39. The van der Waals surface area contributed by atoms with Crippen molar-refractivity contribution in [3.63, 3.8) is 0 Å². The van der Waals surface area contributed by atoms with E-state index in [1.807, 2.05) is 42.3 Å². The molecule has 104 valence electrons. The van der Waals surface area contributed by atoms with Crippen molar-refractivity contribution in [1.29, 1.82) is 0 Å². The molecule has 2 rings (SSSR count). The van der Waals surface area contributed by atoms with Crippen molar-refractivity contribution in [2.24, 2.45) is 0 Å². The summed E-state index contributed by atoms with van der Waals surface area (Å²) in [5.74, 6) is -0.194. The molecule has 1 atom stereocenters. The number of hydrogen-bond donors (Lipinski definition) is 0. The zero-order chi connectivity index (χ0) is 13.7. The maximum atomic E-state index is 12.0. The summed E-state index contributed by atoms with van der Waals surface area (Å²) in [7, 11) is 3.39. The maximum absolute atomic E-state index is 12.0. The zero-order valence-electron chi connectivity index (χ0n) is 11.6. The van der Waals surface area contributed by atoms with Gasteiger partial charge in [-0.1, -0.05) is 30.3 Å². The molecule has 0 radical (unpaired) electrons. The molecule has 1 aliphatic rings. The van der Waals surface area contributed by atoms with Crippen molar-refractivity contribution in [1.82, 2.24) is 4.90 Å². The van der Waals surface area contributed by atoms with Crippen LogP contribution < -0.4 is 0 Å². The second-order valence-electron chi connectivity index (χ2n) is 5.03. The second kappa shape index (κ2) is 6.17. The van der Waals surface area contributed by atoms with Crippen LogP contribution in [0.3, 0.4) is 0 Å². The van der Waals surface area contributed by atoms with Gasteiger partial charge in [-0.05, 0) is 32.0 Å². The Balaban J connectivity index is 1.96. The number of carbonyl (C=O) groups is 1. The van der Waals surface area contributed by atoms with Gasteiger partial charge in [0.1, 0.15) is 5.54 Å². The average molecular weight is 263 g/mol. The minimum absolute atomic E-state index is 0.194. The van der Waals surface area contributed by atoms with E-state index >= 15 is 0 Å². The number of benzene rings is 1. The fourth-order valence-electron chi connectivity index (χ4n) is 2.61. The quantitative estimate of drug-likeness (QED) is 0.760. The Morgan fingerprint density at radius 2 is 2.11 bits per heavy atom. The zero-order valence-corrected chi connectivity index (χ0v) is 11.6. The lowest BCUT2D eigenvalue weighted by molar-refractivity contribution is -0.157. The van der Waals surface area contributed by atoms with Crippen molar-refractivity contribution >= 4 is 5.97 Å². The molecule has 1 saturated heterocycles. The van der Waals surface area contributed by atoms with Crippen molar-refractivity contribution in [3.05, 3.63) is 35.9 Å². The van der Waals surface area contributed by atoms with Crippen LogP contribution in [-0.2, 0) is 20.9 Å². The van der Waals surface area contributed by atoms with Crippen molar-refractivity contribution in [2.75, 3.05) is 27.3 Å². The molecule has 4 nitrogen and oxygen atoms in total. The van der Waals surface area contributed by atoms with Gasteiger partial charge in [-0.3, -0.25) is 4.90 Å². The third-order valence-electron chi connectivity index (χ3n) is 3.83. The average Bonchev–Trinajstić information content (AvgIpc) is 2.81. The first kappa shape index (κ1) is 14.0. The first-order chi connectivity index (χ1) is 9.19. The highest BCUT2D eigenvalue weighted by atomic mass is 16.5. The minimum atomic E-state index is -0.608. The van der Waals surface area contributed by atoms with Crippen LogP contribution in [-0.4, -0.2) is 43.7 Å². The first-order valence-electron chi connectivity index (χ1n) is 6.60. The van der Waals surface area contributed by atoms with E-state index < -0.39 is 5.54 Å². The van der Waals surface area contributed by atoms with Crippen molar-refractivity contribution < 1.29 is 14.3 Å². The van der Waals surface area contributed by atoms with Crippen LogP contribution in [0.1, 0.15) is 18.4 Å². The van der Waals surface area contributed by atoms with Crippen LogP contribution in [0.25, 0.3) is 0 Å². The highest BCUT2D eigenvalue weighted by Crippen LogP contribution is 2.29. The molecule has 19 heavy (non-hydrogen) atoms. The number of rotatable bonds is 5. The van der Waals surface area contributed by atoms with Gasteiger partial charge >= 0.3 is 5.97 Å². The van der Waals surface area contributed by atoms with E-state index in [1.165, 1.54) is 7.11 Å². The first-order valence-corrected chi connectivity index (χ1v) is 6.60. The van der Waals surface area contributed by atoms with Gasteiger partial charge in [0.2, 0.25) is 0 Å². The number of hydrogen-bond acceptors (Lipinski definition) is 4. The van der Waals surface area contributed by atoms with Crippen LogP contribution in [0.4, 0.5) is 0 Å². The fourth-order valence-corrected chi connectivity index (χ4v) is 2.61. The summed E-state index contributed by atoms with van der Waals surface area (Å²) in [5, 5.41) is 0. The van der Waals surface area contributed by atoms with Gasteiger partial charge in [-0.2, -0.15) is 0 Å². The predicted molar refractivity (Wildman–Crippen MR) is 72.7 cm³/mol. The monoisotopic (exact) mass is 263 g/mol. The Kier molecular flexibility index (Phi) is 4.56. The van der Waals surface area contributed by atoms with Crippen LogP contribution >= 0.6 is 0 Å². The van der Waals surface area contributed by atoms with Gasteiger partial charge in [-0.15, -0.1) is 0 Å². The number of methoxy groups -OCH3 is 1. The standard InChI is InChI=1S/C15H21NO3/c1-16-10-6-9-15(16,14(17)18-2)12-19-11-13-7-4-3-5-8-13/h3-5,7-8H,6,9-12H2,1-2H3/t15-/m0/s1. The number of nitrogens with zero attached hydrogens (tertiary/aromatic N) is 1. The van der Waals surface area contributed by atoms with Crippen molar-refractivity contribution in [3.8, 4) is 0 Å². The minimum Gasteiger partial charge on any atom is -0.468 e. The highest BCUT2D eigenvalue weighted by Gasteiger charge is 2.46. The van der Waals surface area contributed by atoms with E-state index in [1.54, 1.807) is 0 Å². The predicted octanol–water partition coefficient (Wildman–Crippen LogP) is 1.84. The van der Waals surface area contributed by atoms with E-state index in [9.17, 15) is 4.79 Å². The molecule has 0 bridgehead atoms. The molecular formula is C15H21NO3. The maximum Gasteiger partial charge on any atom is 0.328 e. The van der Waals surface area contributed by atoms with Crippen molar-refractivity contribution in [2.45, 2.75) is 25.0 Å². The van der Waals surface area contributed by atoms with Gasteiger partial charge in [0.15, 0.2) is 0 Å². The molecule has 0 unspecified atom stereocenters. The van der Waals surface area contributed by atoms with Crippen LogP contribution in [0, 0.1) is 0 Å². The molecule has 0 aromatic heterocycles. The SMILES string of the molecule is COC(=O)[C@@]1(COCc2ccccc2)CCCN1C. The number of likely N-dealkylation sites (N-methyl/N-ethyl adjacent to an activating group) is 1. The summed E-state index contributed by atoms with van der Waals surface area (Å²) >= 11 is 0. The second-order valence-corrected chi connectivity index (χ2v) is 5.03. The molecule has 0 N–H and O–H groups in total. The lowest BCUT2D eigenvalue weighted by Crippen LogP contribution is -2.52. The van der Waals surface area contributed by atoms with Gasteiger partial charge in [0, 0.05) is 0 Å². The van der Waals surface area contributed by atoms with E-state index in [0.717, 1.165) is 24.9 Å². The van der Waals surface area contributed by atoms with Gasteiger partial charge in [0.25, 0.3) is 0 Å². The molecule has 4 heteroatoms. The normalized spacial score (nSPS) is 23.5. The molecule has 0 saturated carbocycles. The molecular weight excluding hydrogens is 242 g/mol.